The van der Waals surface area contributed by atoms with Gasteiger partial charge in [0.05, 0.1) is 6.07 Å². The second kappa shape index (κ2) is 4.57. The molecule has 3 heteroatoms. The number of hydrogen-bond donors (Lipinski definition) is 1. The Morgan fingerprint density at radius 1 is 1.90 bits per heavy atom. The smallest absolute Gasteiger partial charge is 0.321 e. The largest absolute Gasteiger partial charge is 0.480 e. The van der Waals surface area contributed by atoms with Crippen LogP contribution in [-0.2, 0) is 4.79 Å². The number of allylic oxidation sites excluding steroid dienone is 2. The van der Waals surface area contributed by atoms with E-state index in [1.54, 1.807) is 25.1 Å². The van der Waals surface area contributed by atoms with Crippen LogP contribution in [0.15, 0.2) is 12.2 Å². The number of carboxylic acid groups (broad SMARTS) is 1. The van der Waals surface area contributed by atoms with Gasteiger partial charge >= 0.3 is 5.97 Å². The van der Waals surface area contributed by atoms with Crippen LogP contribution in [0.5, 0.6) is 0 Å². The molecule has 0 aromatic carbocycles. The standard InChI is InChI=1S/C7H9NO2/c1-2-3-4-6(5-8)7(9)10/h2-3,6H,4H2,1H3,(H,9,10). The molecule has 1 atom stereocenters. The van der Waals surface area contributed by atoms with Crippen molar-refractivity contribution < 1.29 is 9.90 Å². The molecule has 0 aliphatic heterocycles. The van der Waals surface area contributed by atoms with Crippen LogP contribution in [0.4, 0.5) is 0 Å². The number of rotatable bonds is 3. The fraction of sp³-hybridized carbons (Fsp3) is 0.429. The van der Waals surface area contributed by atoms with Crippen LogP contribution in [0.3, 0.4) is 0 Å². The van der Waals surface area contributed by atoms with Crippen LogP contribution < -0.4 is 0 Å². The van der Waals surface area contributed by atoms with Crippen molar-refractivity contribution in [1.29, 1.82) is 5.26 Å². The van der Waals surface area contributed by atoms with E-state index in [0.29, 0.717) is 6.42 Å². The zero-order chi connectivity index (χ0) is 7.98. The first-order valence-electron chi connectivity index (χ1n) is 2.96. The maximum Gasteiger partial charge on any atom is 0.321 e. The molecular formula is C7H9NO2. The normalized spacial score (nSPS) is 12.8. The maximum atomic E-state index is 10.2. The van der Waals surface area contributed by atoms with Crippen LogP contribution in [0.1, 0.15) is 13.3 Å². The molecule has 10 heavy (non-hydrogen) atoms. The molecule has 54 valence electrons. The predicted molar refractivity (Wildman–Crippen MR) is 36.2 cm³/mol. The van der Waals surface area contributed by atoms with Crippen molar-refractivity contribution in [3.05, 3.63) is 12.2 Å². The van der Waals surface area contributed by atoms with Gasteiger partial charge in [0.1, 0.15) is 5.92 Å². The summed E-state index contributed by atoms with van der Waals surface area (Å²) in [6.07, 6.45) is 3.69. The summed E-state index contributed by atoms with van der Waals surface area (Å²) in [6.45, 7) is 1.79. The van der Waals surface area contributed by atoms with E-state index >= 15 is 0 Å². The minimum atomic E-state index is -1.06. The lowest BCUT2D eigenvalue weighted by atomic mass is 10.1. The number of aliphatic carboxylic acids is 1. The predicted octanol–water partition coefficient (Wildman–Crippen LogP) is 1.18. The average molecular weight is 139 g/mol. The molecule has 0 fully saturated rings. The number of hydrogen-bond acceptors (Lipinski definition) is 2. The maximum absolute atomic E-state index is 10.2. The second-order valence-electron chi connectivity index (χ2n) is 1.82. The van der Waals surface area contributed by atoms with Gasteiger partial charge in [0.15, 0.2) is 0 Å². The summed E-state index contributed by atoms with van der Waals surface area (Å²) < 4.78 is 0. The summed E-state index contributed by atoms with van der Waals surface area (Å²) in [5.74, 6) is -1.95. The monoisotopic (exact) mass is 139 g/mol. The van der Waals surface area contributed by atoms with Gasteiger partial charge in [-0.3, -0.25) is 4.79 Å². The molecular weight excluding hydrogens is 130 g/mol. The first-order valence-corrected chi connectivity index (χ1v) is 2.96. The van der Waals surface area contributed by atoms with Gasteiger partial charge in [-0.25, -0.2) is 0 Å². The molecule has 0 saturated carbocycles. The van der Waals surface area contributed by atoms with Gasteiger partial charge in [-0.05, 0) is 13.3 Å². The van der Waals surface area contributed by atoms with Crippen LogP contribution >= 0.6 is 0 Å². The van der Waals surface area contributed by atoms with Crippen LogP contribution in [0.25, 0.3) is 0 Å². The molecule has 0 heterocycles. The van der Waals surface area contributed by atoms with Gasteiger partial charge in [0.2, 0.25) is 0 Å². The molecule has 0 amide bonds. The minimum absolute atomic E-state index is 0.294. The topological polar surface area (TPSA) is 61.1 Å². The Labute approximate surface area is 59.6 Å². The Balaban J connectivity index is 3.87. The van der Waals surface area contributed by atoms with Crippen molar-refractivity contribution in [2.24, 2.45) is 5.92 Å². The van der Waals surface area contributed by atoms with Gasteiger partial charge < -0.3 is 5.11 Å². The summed E-state index contributed by atoms with van der Waals surface area (Å²) in [6, 6.07) is 1.69. The van der Waals surface area contributed by atoms with Crippen molar-refractivity contribution in [3.63, 3.8) is 0 Å². The molecule has 3 nitrogen and oxygen atoms in total. The molecule has 0 spiro atoms. The molecule has 0 aromatic rings. The zero-order valence-electron chi connectivity index (χ0n) is 5.74. The third kappa shape index (κ3) is 2.88. The Morgan fingerprint density at radius 2 is 2.50 bits per heavy atom. The molecule has 1 N–H and O–H groups in total. The zero-order valence-corrected chi connectivity index (χ0v) is 5.74. The van der Waals surface area contributed by atoms with Gasteiger partial charge in [0, 0.05) is 0 Å². The summed E-state index contributed by atoms with van der Waals surface area (Å²) in [5, 5.41) is 16.6. The first kappa shape index (κ1) is 8.70. The van der Waals surface area contributed by atoms with Crippen molar-refractivity contribution >= 4 is 5.97 Å². The Bertz CT molecular complexity index is 179. The van der Waals surface area contributed by atoms with Gasteiger partial charge in [0.25, 0.3) is 0 Å². The van der Waals surface area contributed by atoms with E-state index in [2.05, 4.69) is 0 Å². The third-order valence-corrected chi connectivity index (χ3v) is 1.06. The van der Waals surface area contributed by atoms with Crippen LogP contribution in [0.2, 0.25) is 0 Å². The molecule has 0 bridgehead atoms. The Hall–Kier alpha value is -1.30. The highest BCUT2D eigenvalue weighted by molar-refractivity contribution is 5.73. The molecule has 0 radical (unpaired) electrons. The van der Waals surface area contributed by atoms with E-state index in [1.165, 1.54) is 0 Å². The van der Waals surface area contributed by atoms with Crippen molar-refractivity contribution in [1.82, 2.24) is 0 Å². The van der Waals surface area contributed by atoms with Gasteiger partial charge in [-0.2, -0.15) is 5.26 Å². The van der Waals surface area contributed by atoms with Crippen LogP contribution in [-0.4, -0.2) is 11.1 Å². The second-order valence-corrected chi connectivity index (χ2v) is 1.82. The molecule has 0 aliphatic carbocycles. The lowest BCUT2D eigenvalue weighted by molar-refractivity contribution is -0.139. The van der Waals surface area contributed by atoms with Crippen molar-refractivity contribution in [2.75, 3.05) is 0 Å². The molecule has 0 rings (SSSR count). The van der Waals surface area contributed by atoms with E-state index in [0.717, 1.165) is 0 Å². The van der Waals surface area contributed by atoms with E-state index in [1.807, 2.05) is 0 Å². The van der Waals surface area contributed by atoms with Crippen molar-refractivity contribution in [2.45, 2.75) is 13.3 Å². The molecule has 0 aromatic heterocycles. The number of nitriles is 1. The highest BCUT2D eigenvalue weighted by Gasteiger charge is 2.13. The fourth-order valence-corrected chi connectivity index (χ4v) is 0.481. The first-order chi connectivity index (χ1) is 4.72. The minimum Gasteiger partial charge on any atom is -0.480 e. The fourth-order valence-electron chi connectivity index (χ4n) is 0.481. The Morgan fingerprint density at radius 3 is 2.80 bits per heavy atom. The highest BCUT2D eigenvalue weighted by Crippen LogP contribution is 2.01. The van der Waals surface area contributed by atoms with Gasteiger partial charge in [-0.1, -0.05) is 12.2 Å². The van der Waals surface area contributed by atoms with E-state index in [-0.39, 0.29) is 0 Å². The summed E-state index contributed by atoms with van der Waals surface area (Å²) in [4.78, 5) is 10.2. The lowest BCUT2D eigenvalue weighted by Gasteiger charge is -1.95. The van der Waals surface area contributed by atoms with E-state index in [9.17, 15) is 4.79 Å². The molecule has 0 aliphatic rings. The van der Waals surface area contributed by atoms with E-state index < -0.39 is 11.9 Å². The summed E-state index contributed by atoms with van der Waals surface area (Å²) >= 11 is 0. The quantitative estimate of drug-likeness (QED) is 0.597. The molecule has 0 saturated heterocycles. The SMILES string of the molecule is CC=CCC(C#N)C(=O)O. The lowest BCUT2D eigenvalue weighted by Crippen LogP contribution is -2.09. The summed E-state index contributed by atoms with van der Waals surface area (Å²) in [7, 11) is 0. The third-order valence-electron chi connectivity index (χ3n) is 1.06. The number of nitrogens with zero attached hydrogens (tertiary/aromatic N) is 1. The van der Waals surface area contributed by atoms with E-state index in [4.69, 9.17) is 10.4 Å². The van der Waals surface area contributed by atoms with Crippen molar-refractivity contribution in [3.8, 4) is 6.07 Å². The summed E-state index contributed by atoms with van der Waals surface area (Å²) in [5.41, 5.74) is 0. The number of carbonyl (C=O) groups is 1. The Kier molecular flexibility index (Phi) is 3.97. The highest BCUT2D eigenvalue weighted by atomic mass is 16.4. The average Bonchev–Trinajstić information content (AvgIpc) is 1.89. The molecule has 1 unspecified atom stereocenters. The van der Waals surface area contributed by atoms with Crippen LogP contribution in [0, 0.1) is 17.2 Å². The number of carboxylic acids is 1. The van der Waals surface area contributed by atoms with Gasteiger partial charge in [-0.15, -0.1) is 0 Å².